The second kappa shape index (κ2) is 8.76. The van der Waals surface area contributed by atoms with Gasteiger partial charge in [-0.1, -0.05) is 19.8 Å². The van der Waals surface area contributed by atoms with Gasteiger partial charge >= 0.3 is 0 Å². The first kappa shape index (κ1) is 18.4. The SMILES string of the molecule is CCNC(=NCc1ccc(C(N)=O)o1)N(C)CC1CCC(C)CC1. The number of carbonyl (C=O) groups is 1. The van der Waals surface area contributed by atoms with Gasteiger partial charge in [-0.05, 0) is 43.7 Å². The Hall–Kier alpha value is -1.98. The van der Waals surface area contributed by atoms with E-state index in [1.807, 2.05) is 0 Å². The molecule has 0 bridgehead atoms. The lowest BCUT2D eigenvalue weighted by molar-refractivity contribution is 0.0972. The largest absolute Gasteiger partial charge is 0.454 e. The fourth-order valence-corrected chi connectivity index (χ4v) is 3.20. The number of hydrogen-bond donors (Lipinski definition) is 2. The molecule has 134 valence electrons. The molecule has 0 radical (unpaired) electrons. The van der Waals surface area contributed by atoms with Crippen molar-refractivity contribution in [1.82, 2.24) is 10.2 Å². The molecule has 3 N–H and O–H groups in total. The van der Waals surface area contributed by atoms with Gasteiger partial charge in [0.1, 0.15) is 12.3 Å². The highest BCUT2D eigenvalue weighted by atomic mass is 16.3. The molecule has 0 saturated heterocycles. The van der Waals surface area contributed by atoms with Crippen LogP contribution in [0.25, 0.3) is 0 Å². The molecule has 1 fully saturated rings. The topological polar surface area (TPSA) is 83.9 Å². The maximum atomic E-state index is 11.1. The number of furan rings is 1. The molecule has 2 rings (SSSR count). The van der Waals surface area contributed by atoms with Crippen molar-refractivity contribution in [2.45, 2.75) is 46.1 Å². The highest BCUT2D eigenvalue weighted by Crippen LogP contribution is 2.28. The quantitative estimate of drug-likeness (QED) is 0.619. The fraction of sp³-hybridized carbons (Fsp3) is 0.667. The van der Waals surface area contributed by atoms with Crippen LogP contribution in [-0.2, 0) is 6.54 Å². The minimum atomic E-state index is -0.555. The summed E-state index contributed by atoms with van der Waals surface area (Å²) in [6.45, 7) is 6.62. The molecular weight excluding hydrogens is 304 g/mol. The van der Waals surface area contributed by atoms with Crippen LogP contribution < -0.4 is 11.1 Å². The van der Waals surface area contributed by atoms with Crippen LogP contribution in [0.1, 0.15) is 55.8 Å². The number of primary amides is 1. The number of hydrogen-bond acceptors (Lipinski definition) is 3. The molecule has 6 heteroatoms. The smallest absolute Gasteiger partial charge is 0.284 e. The van der Waals surface area contributed by atoms with Gasteiger partial charge in [0, 0.05) is 20.1 Å². The van der Waals surface area contributed by atoms with Crippen LogP contribution in [0, 0.1) is 11.8 Å². The third-order valence-electron chi connectivity index (χ3n) is 4.65. The molecule has 0 aliphatic heterocycles. The summed E-state index contributed by atoms with van der Waals surface area (Å²) < 4.78 is 5.39. The van der Waals surface area contributed by atoms with Crippen molar-refractivity contribution in [3.8, 4) is 0 Å². The maximum absolute atomic E-state index is 11.1. The Balaban J connectivity index is 1.94. The lowest BCUT2D eigenvalue weighted by atomic mass is 9.83. The van der Waals surface area contributed by atoms with E-state index in [9.17, 15) is 4.79 Å². The monoisotopic (exact) mass is 334 g/mol. The molecule has 1 aromatic rings. The number of guanidine groups is 1. The number of aliphatic imine (C=N–C) groups is 1. The highest BCUT2D eigenvalue weighted by Gasteiger charge is 2.20. The van der Waals surface area contributed by atoms with Crippen molar-refractivity contribution in [3.63, 3.8) is 0 Å². The molecule has 0 aromatic carbocycles. The van der Waals surface area contributed by atoms with E-state index < -0.39 is 5.91 Å². The van der Waals surface area contributed by atoms with Crippen molar-refractivity contribution in [2.75, 3.05) is 20.1 Å². The fourth-order valence-electron chi connectivity index (χ4n) is 3.20. The van der Waals surface area contributed by atoms with Gasteiger partial charge in [0.25, 0.3) is 5.91 Å². The van der Waals surface area contributed by atoms with Crippen LogP contribution >= 0.6 is 0 Å². The van der Waals surface area contributed by atoms with E-state index >= 15 is 0 Å². The number of nitrogens with one attached hydrogen (secondary N) is 1. The molecule has 0 unspecified atom stereocenters. The third kappa shape index (κ3) is 5.28. The second-order valence-corrected chi connectivity index (χ2v) is 6.81. The lowest BCUT2D eigenvalue weighted by Crippen LogP contribution is -2.41. The Morgan fingerprint density at radius 3 is 2.67 bits per heavy atom. The third-order valence-corrected chi connectivity index (χ3v) is 4.65. The van der Waals surface area contributed by atoms with Gasteiger partial charge in [-0.15, -0.1) is 0 Å². The molecule has 1 saturated carbocycles. The van der Waals surface area contributed by atoms with E-state index in [-0.39, 0.29) is 5.76 Å². The van der Waals surface area contributed by atoms with Gasteiger partial charge in [-0.2, -0.15) is 0 Å². The number of rotatable bonds is 6. The van der Waals surface area contributed by atoms with E-state index in [1.54, 1.807) is 12.1 Å². The molecule has 6 nitrogen and oxygen atoms in total. The van der Waals surface area contributed by atoms with Crippen LogP contribution in [0.4, 0.5) is 0 Å². The average Bonchev–Trinajstić information content (AvgIpc) is 3.02. The van der Waals surface area contributed by atoms with E-state index in [1.165, 1.54) is 25.7 Å². The lowest BCUT2D eigenvalue weighted by Gasteiger charge is -2.31. The van der Waals surface area contributed by atoms with Crippen molar-refractivity contribution in [2.24, 2.45) is 22.6 Å². The zero-order chi connectivity index (χ0) is 17.5. The minimum Gasteiger partial charge on any atom is -0.454 e. The summed E-state index contributed by atoms with van der Waals surface area (Å²) in [5.74, 6) is 2.73. The number of carbonyl (C=O) groups excluding carboxylic acids is 1. The van der Waals surface area contributed by atoms with Gasteiger partial charge < -0.3 is 20.4 Å². The summed E-state index contributed by atoms with van der Waals surface area (Å²) in [4.78, 5) is 17.9. The van der Waals surface area contributed by atoms with Gasteiger partial charge in [-0.25, -0.2) is 4.99 Å². The Labute approximate surface area is 144 Å². The summed E-state index contributed by atoms with van der Waals surface area (Å²) in [7, 11) is 2.08. The first-order valence-electron chi connectivity index (χ1n) is 8.87. The molecule has 0 atom stereocenters. The van der Waals surface area contributed by atoms with Crippen LogP contribution in [0.15, 0.2) is 21.5 Å². The van der Waals surface area contributed by atoms with Gasteiger partial charge in [0.15, 0.2) is 11.7 Å². The summed E-state index contributed by atoms with van der Waals surface area (Å²) in [5, 5.41) is 3.32. The van der Waals surface area contributed by atoms with Crippen molar-refractivity contribution in [3.05, 3.63) is 23.7 Å². The first-order chi connectivity index (χ1) is 11.5. The Kier molecular flexibility index (Phi) is 6.70. The van der Waals surface area contributed by atoms with E-state index in [0.29, 0.717) is 12.3 Å². The van der Waals surface area contributed by atoms with Crippen molar-refractivity contribution in [1.29, 1.82) is 0 Å². The first-order valence-corrected chi connectivity index (χ1v) is 8.87. The van der Waals surface area contributed by atoms with Crippen molar-refractivity contribution >= 4 is 11.9 Å². The molecule has 1 aromatic heterocycles. The van der Waals surface area contributed by atoms with E-state index in [2.05, 4.69) is 36.1 Å². The molecule has 1 heterocycles. The van der Waals surface area contributed by atoms with E-state index in [0.717, 1.165) is 30.9 Å². The van der Waals surface area contributed by atoms with Crippen LogP contribution in [0.2, 0.25) is 0 Å². The predicted octanol–water partition coefficient (Wildman–Crippen LogP) is 2.60. The minimum absolute atomic E-state index is 0.176. The molecule has 0 spiro atoms. The standard InChI is InChI=1S/C18H30N4O2/c1-4-20-18(21-11-15-9-10-16(24-15)17(19)23)22(3)12-14-7-5-13(2)6-8-14/h9-10,13-14H,4-8,11-12H2,1-3H3,(H2,19,23)(H,20,21). The summed E-state index contributed by atoms with van der Waals surface area (Å²) >= 11 is 0. The number of nitrogens with two attached hydrogens (primary N) is 1. The maximum Gasteiger partial charge on any atom is 0.284 e. The zero-order valence-electron chi connectivity index (χ0n) is 15.0. The molecule has 1 amide bonds. The molecule has 1 aliphatic rings. The summed E-state index contributed by atoms with van der Waals surface area (Å²) in [6, 6.07) is 3.34. The van der Waals surface area contributed by atoms with Gasteiger partial charge in [0.05, 0.1) is 0 Å². The normalized spacial score (nSPS) is 21.5. The zero-order valence-corrected chi connectivity index (χ0v) is 15.0. The van der Waals surface area contributed by atoms with E-state index in [4.69, 9.17) is 10.2 Å². The second-order valence-electron chi connectivity index (χ2n) is 6.81. The summed E-state index contributed by atoms with van der Waals surface area (Å²) in [5.41, 5.74) is 5.20. The number of nitrogens with zero attached hydrogens (tertiary/aromatic N) is 2. The van der Waals surface area contributed by atoms with Crippen LogP contribution in [0.5, 0.6) is 0 Å². The van der Waals surface area contributed by atoms with Gasteiger partial charge in [-0.3, -0.25) is 4.79 Å². The molecule has 24 heavy (non-hydrogen) atoms. The summed E-state index contributed by atoms with van der Waals surface area (Å²) in [6.07, 6.45) is 5.25. The highest BCUT2D eigenvalue weighted by molar-refractivity contribution is 5.89. The van der Waals surface area contributed by atoms with Gasteiger partial charge in [0.2, 0.25) is 0 Å². The molecule has 1 aliphatic carbocycles. The Morgan fingerprint density at radius 2 is 2.08 bits per heavy atom. The predicted molar refractivity (Wildman–Crippen MR) is 95.8 cm³/mol. The molecular formula is C18H30N4O2. The van der Waals surface area contributed by atoms with Crippen LogP contribution in [0.3, 0.4) is 0 Å². The number of amides is 1. The Morgan fingerprint density at radius 1 is 1.38 bits per heavy atom. The van der Waals surface area contributed by atoms with Crippen molar-refractivity contribution < 1.29 is 9.21 Å². The Bertz CT molecular complexity index is 559. The van der Waals surface area contributed by atoms with Crippen LogP contribution in [-0.4, -0.2) is 36.9 Å². The average molecular weight is 334 g/mol.